The summed E-state index contributed by atoms with van der Waals surface area (Å²) in [4.78, 5) is 0.253. The maximum absolute atomic E-state index is 12.8. The summed E-state index contributed by atoms with van der Waals surface area (Å²) < 4.78 is 33.4. The van der Waals surface area contributed by atoms with Crippen LogP contribution in [-0.4, -0.2) is 32.4 Å². The summed E-state index contributed by atoms with van der Waals surface area (Å²) in [5.41, 5.74) is 0. The molecular formula is C14H20BrNO3S. The number of nitrogens with zero attached hydrogens (tertiary/aromatic N) is 1. The summed E-state index contributed by atoms with van der Waals surface area (Å²) >= 11 is 3.34. The molecule has 2 rings (SSSR count). The molecule has 0 spiro atoms. The van der Waals surface area contributed by atoms with E-state index in [1.807, 2.05) is 6.92 Å². The van der Waals surface area contributed by atoms with Gasteiger partial charge < -0.3 is 4.74 Å². The van der Waals surface area contributed by atoms with Crippen LogP contribution in [0.3, 0.4) is 0 Å². The van der Waals surface area contributed by atoms with Crippen molar-refractivity contribution < 1.29 is 13.2 Å². The van der Waals surface area contributed by atoms with E-state index in [1.165, 1.54) is 0 Å². The van der Waals surface area contributed by atoms with Crippen LogP contribution in [0.4, 0.5) is 0 Å². The van der Waals surface area contributed by atoms with Gasteiger partial charge in [0.2, 0.25) is 10.0 Å². The van der Waals surface area contributed by atoms with Crippen molar-refractivity contribution in [1.82, 2.24) is 4.31 Å². The number of halogens is 1. The second-order valence-electron chi connectivity index (χ2n) is 5.13. The summed E-state index contributed by atoms with van der Waals surface area (Å²) in [6.07, 6.45) is 2.00. The Morgan fingerprint density at radius 3 is 2.85 bits per heavy atom. The van der Waals surface area contributed by atoms with E-state index < -0.39 is 10.0 Å². The quantitative estimate of drug-likeness (QED) is 0.826. The monoisotopic (exact) mass is 361 g/mol. The third-order valence-corrected chi connectivity index (χ3v) is 5.82. The van der Waals surface area contributed by atoms with Crippen molar-refractivity contribution in [3.8, 4) is 5.75 Å². The number of hydrogen-bond acceptors (Lipinski definition) is 3. The fraction of sp³-hybridized carbons (Fsp3) is 0.571. The van der Waals surface area contributed by atoms with E-state index in [2.05, 4.69) is 22.9 Å². The molecular weight excluding hydrogens is 342 g/mol. The zero-order valence-electron chi connectivity index (χ0n) is 11.8. The van der Waals surface area contributed by atoms with Gasteiger partial charge in [0.05, 0.1) is 6.61 Å². The molecule has 0 amide bonds. The van der Waals surface area contributed by atoms with E-state index in [1.54, 1.807) is 22.5 Å². The Hall–Kier alpha value is -0.590. The zero-order valence-corrected chi connectivity index (χ0v) is 14.2. The highest BCUT2D eigenvalue weighted by atomic mass is 79.9. The second kappa shape index (κ2) is 6.45. The first kappa shape index (κ1) is 15.8. The predicted octanol–water partition coefficient (Wildman–Crippen LogP) is 3.27. The lowest BCUT2D eigenvalue weighted by Gasteiger charge is -2.30. The van der Waals surface area contributed by atoms with Crippen LogP contribution in [0.25, 0.3) is 0 Å². The third-order valence-electron chi connectivity index (χ3n) is 3.44. The fourth-order valence-corrected chi connectivity index (χ4v) is 4.73. The third kappa shape index (κ3) is 3.35. The Labute approximate surface area is 129 Å². The molecule has 1 saturated heterocycles. The van der Waals surface area contributed by atoms with Crippen molar-refractivity contribution in [3.63, 3.8) is 0 Å². The minimum atomic E-state index is -3.49. The normalized spacial score (nSPS) is 20.9. The maximum Gasteiger partial charge on any atom is 0.246 e. The molecule has 0 N–H and O–H groups in total. The Kier molecular flexibility index (Phi) is 5.09. The molecule has 1 aromatic carbocycles. The minimum Gasteiger partial charge on any atom is -0.492 e. The van der Waals surface area contributed by atoms with Gasteiger partial charge in [-0.25, -0.2) is 8.42 Å². The Morgan fingerprint density at radius 1 is 1.45 bits per heavy atom. The molecule has 0 aromatic heterocycles. The highest BCUT2D eigenvalue weighted by Crippen LogP contribution is 2.32. The van der Waals surface area contributed by atoms with Crippen LogP contribution in [0.15, 0.2) is 27.6 Å². The summed E-state index contributed by atoms with van der Waals surface area (Å²) in [5, 5.41) is 0. The predicted molar refractivity (Wildman–Crippen MR) is 82.5 cm³/mol. The van der Waals surface area contributed by atoms with Crippen LogP contribution < -0.4 is 4.74 Å². The number of piperidine rings is 1. The van der Waals surface area contributed by atoms with Gasteiger partial charge in [0, 0.05) is 17.6 Å². The molecule has 112 valence electrons. The first-order chi connectivity index (χ1) is 9.45. The average Bonchev–Trinajstić information content (AvgIpc) is 2.41. The summed E-state index contributed by atoms with van der Waals surface area (Å²) in [5.74, 6) is 0.829. The molecule has 1 unspecified atom stereocenters. The molecule has 1 aliphatic rings. The average molecular weight is 362 g/mol. The molecule has 1 atom stereocenters. The number of hydrogen-bond donors (Lipinski definition) is 0. The largest absolute Gasteiger partial charge is 0.492 e. The van der Waals surface area contributed by atoms with Gasteiger partial charge in [-0.3, -0.25) is 0 Å². The molecule has 6 heteroatoms. The number of ether oxygens (including phenoxy) is 1. The summed E-state index contributed by atoms with van der Waals surface area (Å²) in [6, 6.07) is 5.12. The van der Waals surface area contributed by atoms with Crippen LogP contribution >= 0.6 is 15.9 Å². The Morgan fingerprint density at radius 2 is 2.20 bits per heavy atom. The molecule has 1 heterocycles. The molecule has 0 saturated carbocycles. The molecule has 0 radical (unpaired) electrons. The maximum atomic E-state index is 12.8. The van der Waals surface area contributed by atoms with Gasteiger partial charge in [-0.15, -0.1) is 0 Å². The van der Waals surface area contributed by atoms with Gasteiger partial charge in [-0.1, -0.05) is 22.9 Å². The lowest BCUT2D eigenvalue weighted by Crippen LogP contribution is -2.39. The van der Waals surface area contributed by atoms with Gasteiger partial charge >= 0.3 is 0 Å². The van der Waals surface area contributed by atoms with Crippen LogP contribution in [0.1, 0.15) is 26.7 Å². The van der Waals surface area contributed by atoms with Crippen molar-refractivity contribution in [2.75, 3.05) is 19.7 Å². The topological polar surface area (TPSA) is 46.6 Å². The van der Waals surface area contributed by atoms with Crippen LogP contribution in [0, 0.1) is 5.92 Å². The zero-order chi connectivity index (χ0) is 14.8. The molecule has 1 aromatic rings. The number of rotatable bonds is 4. The fourth-order valence-electron chi connectivity index (χ4n) is 2.46. The molecule has 20 heavy (non-hydrogen) atoms. The van der Waals surface area contributed by atoms with Gasteiger partial charge in [-0.2, -0.15) is 4.31 Å². The van der Waals surface area contributed by atoms with E-state index in [0.717, 1.165) is 17.3 Å². The summed E-state index contributed by atoms with van der Waals surface area (Å²) in [7, 11) is -3.49. The summed E-state index contributed by atoms with van der Waals surface area (Å²) in [6.45, 7) is 5.55. The Bertz CT molecular complexity index is 574. The van der Waals surface area contributed by atoms with E-state index >= 15 is 0 Å². The highest BCUT2D eigenvalue weighted by molar-refractivity contribution is 9.10. The van der Waals surface area contributed by atoms with Gasteiger partial charge in [0.1, 0.15) is 10.6 Å². The lowest BCUT2D eigenvalue weighted by atomic mass is 10.0. The van der Waals surface area contributed by atoms with Crippen molar-refractivity contribution in [2.24, 2.45) is 5.92 Å². The highest BCUT2D eigenvalue weighted by Gasteiger charge is 2.31. The van der Waals surface area contributed by atoms with Crippen molar-refractivity contribution in [2.45, 2.75) is 31.6 Å². The molecule has 1 fully saturated rings. The molecule has 0 aliphatic carbocycles. The second-order valence-corrected chi connectivity index (χ2v) is 7.96. The van der Waals surface area contributed by atoms with Crippen molar-refractivity contribution in [3.05, 3.63) is 22.7 Å². The van der Waals surface area contributed by atoms with E-state index in [0.29, 0.717) is 31.4 Å². The first-order valence-corrected chi connectivity index (χ1v) is 9.11. The minimum absolute atomic E-state index is 0.253. The van der Waals surface area contributed by atoms with Gasteiger partial charge in [0.25, 0.3) is 0 Å². The Balaban J connectivity index is 2.40. The van der Waals surface area contributed by atoms with E-state index in [9.17, 15) is 8.42 Å². The van der Waals surface area contributed by atoms with Crippen molar-refractivity contribution >= 4 is 26.0 Å². The lowest BCUT2D eigenvalue weighted by molar-refractivity contribution is 0.278. The molecule has 1 aliphatic heterocycles. The smallest absolute Gasteiger partial charge is 0.246 e. The standard InChI is InChI=1S/C14H20BrNO3S/c1-3-19-13-7-6-12(15)9-14(13)20(17,18)16-8-4-5-11(2)10-16/h6-7,9,11H,3-5,8,10H2,1-2H3. The number of sulfonamides is 1. The number of benzene rings is 1. The van der Waals surface area contributed by atoms with Gasteiger partial charge in [-0.05, 0) is 43.9 Å². The van der Waals surface area contributed by atoms with Crippen LogP contribution in [-0.2, 0) is 10.0 Å². The van der Waals surface area contributed by atoms with Crippen molar-refractivity contribution in [1.29, 1.82) is 0 Å². The van der Waals surface area contributed by atoms with Crippen LogP contribution in [0.5, 0.6) is 5.75 Å². The van der Waals surface area contributed by atoms with Crippen LogP contribution in [0.2, 0.25) is 0 Å². The van der Waals surface area contributed by atoms with E-state index in [-0.39, 0.29) is 4.90 Å². The molecule has 4 nitrogen and oxygen atoms in total. The SMILES string of the molecule is CCOc1ccc(Br)cc1S(=O)(=O)N1CCCC(C)C1. The molecule has 0 bridgehead atoms. The van der Waals surface area contributed by atoms with E-state index in [4.69, 9.17) is 4.74 Å². The van der Waals surface area contributed by atoms with Gasteiger partial charge in [0.15, 0.2) is 0 Å². The first-order valence-electron chi connectivity index (χ1n) is 6.87.